The van der Waals surface area contributed by atoms with Crippen LogP contribution in [0.15, 0.2) is 48.5 Å². The molecule has 0 aliphatic carbocycles. The van der Waals surface area contributed by atoms with Crippen molar-refractivity contribution in [1.29, 1.82) is 0 Å². The first-order valence-corrected chi connectivity index (χ1v) is 10.7. The molecule has 9 heteroatoms. The van der Waals surface area contributed by atoms with Gasteiger partial charge in [0.15, 0.2) is 0 Å². The number of fused-ring (bicyclic) bond motifs is 2. The third-order valence-corrected chi connectivity index (χ3v) is 6.73. The van der Waals surface area contributed by atoms with Gasteiger partial charge in [0.1, 0.15) is 0 Å². The molecule has 1 heterocycles. The van der Waals surface area contributed by atoms with E-state index in [-0.39, 0.29) is 27.6 Å². The SMILES string of the molecule is O=C(O)c1ccc2c3ccc4c5c(ccc(c6ccc(C(=O)O)c1c26)c53)C(=O)[O][Al][O]C4=O. The Morgan fingerprint density at radius 2 is 0.970 bits per heavy atom. The standard InChI is InChI=1S/C24H12O8.Al/c25-21(26)13-5-1-9-10-2-6-15(23(29)30)20-16(24(31)32)8-4-12(18(10)20)11-3-7-14(22(27)28)19(13)17(9)11;/h1-8H,(H,25,26)(H,27,28)(H,29,30)(H,31,32);/q;+2/p-2. The van der Waals surface area contributed by atoms with E-state index in [1.54, 1.807) is 36.4 Å². The summed E-state index contributed by atoms with van der Waals surface area (Å²) in [5.74, 6) is -3.67. The van der Waals surface area contributed by atoms with E-state index in [4.69, 9.17) is 7.58 Å². The van der Waals surface area contributed by atoms with E-state index in [0.717, 1.165) is 0 Å². The second-order valence-corrected chi connectivity index (χ2v) is 8.32. The van der Waals surface area contributed by atoms with Crippen LogP contribution in [0.4, 0.5) is 0 Å². The Balaban J connectivity index is 1.93. The van der Waals surface area contributed by atoms with Crippen LogP contribution in [0.5, 0.6) is 0 Å². The lowest BCUT2D eigenvalue weighted by molar-refractivity contribution is 0.0621. The van der Waals surface area contributed by atoms with Gasteiger partial charge in [-0.3, -0.25) is 0 Å². The van der Waals surface area contributed by atoms with Crippen LogP contribution in [-0.4, -0.2) is 50.0 Å². The van der Waals surface area contributed by atoms with Gasteiger partial charge in [0.25, 0.3) is 0 Å². The fourth-order valence-corrected chi connectivity index (χ4v) is 5.30. The average Bonchev–Trinajstić information content (AvgIpc) is 2.80. The zero-order chi connectivity index (χ0) is 23.0. The maximum atomic E-state index is 12.6. The van der Waals surface area contributed by atoms with Crippen molar-refractivity contribution in [3.8, 4) is 0 Å². The Hall–Kier alpha value is -4.19. The molecule has 0 saturated carbocycles. The van der Waals surface area contributed by atoms with Crippen molar-refractivity contribution in [2.24, 2.45) is 0 Å². The lowest BCUT2D eigenvalue weighted by atomic mass is 9.84. The van der Waals surface area contributed by atoms with Crippen molar-refractivity contribution in [3.05, 3.63) is 70.8 Å². The van der Waals surface area contributed by atoms with Crippen molar-refractivity contribution < 1.29 is 37.0 Å². The maximum Gasteiger partial charge on any atom is 0.886 e. The highest BCUT2D eigenvalue weighted by molar-refractivity contribution is 6.40. The first-order chi connectivity index (χ1) is 15.9. The Labute approximate surface area is 190 Å². The molecule has 0 bridgehead atoms. The number of carboxylic acids is 2. The summed E-state index contributed by atoms with van der Waals surface area (Å²) in [6, 6.07) is 12.5. The van der Waals surface area contributed by atoms with Crippen LogP contribution in [0.1, 0.15) is 41.4 Å². The zero-order valence-electron chi connectivity index (χ0n) is 16.5. The molecule has 6 rings (SSSR count). The highest BCUT2D eigenvalue weighted by Gasteiger charge is 2.28. The predicted octanol–water partition coefficient (Wildman–Crippen LogP) is 4.00. The quantitative estimate of drug-likeness (QED) is 0.233. The van der Waals surface area contributed by atoms with E-state index in [1.807, 2.05) is 0 Å². The summed E-state index contributed by atoms with van der Waals surface area (Å²) in [4.78, 5) is 49.1. The van der Waals surface area contributed by atoms with Crippen LogP contribution >= 0.6 is 0 Å². The van der Waals surface area contributed by atoms with Gasteiger partial charge in [-0.25, -0.2) is 19.2 Å². The molecule has 0 unspecified atom stereocenters. The third-order valence-electron chi connectivity index (χ3n) is 6.11. The Morgan fingerprint density at radius 1 is 0.576 bits per heavy atom. The molecule has 0 fully saturated rings. The molecule has 0 atom stereocenters. The molecule has 2 N–H and O–H groups in total. The predicted molar refractivity (Wildman–Crippen MR) is 118 cm³/mol. The summed E-state index contributed by atoms with van der Waals surface area (Å²) >= 11 is -1.28. The van der Waals surface area contributed by atoms with Crippen LogP contribution in [0, 0.1) is 0 Å². The Bertz CT molecular complexity index is 1620. The molecular weight excluding hydrogens is 443 g/mol. The first-order valence-electron chi connectivity index (χ1n) is 9.79. The Kier molecular flexibility index (Phi) is 3.93. The van der Waals surface area contributed by atoms with E-state index in [9.17, 15) is 29.4 Å². The van der Waals surface area contributed by atoms with Gasteiger partial charge in [-0.05, 0) is 56.6 Å². The molecule has 0 amide bonds. The molecule has 5 aromatic carbocycles. The molecule has 0 aromatic heterocycles. The molecule has 0 spiro atoms. The molecule has 5 aromatic rings. The molecule has 1 radical (unpaired) electrons. The molecular formula is C24H10AlO8. The number of hydrogen-bond acceptors (Lipinski definition) is 6. The van der Waals surface area contributed by atoms with Crippen molar-refractivity contribution in [2.45, 2.75) is 0 Å². The van der Waals surface area contributed by atoms with Gasteiger partial charge in [0.2, 0.25) is 0 Å². The molecule has 1 aliphatic rings. The van der Waals surface area contributed by atoms with Crippen LogP contribution in [-0.2, 0) is 7.58 Å². The fraction of sp³-hybridized carbons (Fsp3) is 0. The number of hydrogen-bond donors (Lipinski definition) is 2. The number of aromatic carboxylic acids is 2. The van der Waals surface area contributed by atoms with Gasteiger partial charge in [0, 0.05) is 10.8 Å². The smallest absolute Gasteiger partial charge is 0.586 e. The summed E-state index contributed by atoms with van der Waals surface area (Å²) in [7, 11) is 0. The summed E-state index contributed by atoms with van der Waals surface area (Å²) in [6.45, 7) is 0. The summed E-state index contributed by atoms with van der Waals surface area (Å²) in [5.41, 5.74) is 0.230. The van der Waals surface area contributed by atoms with E-state index in [0.29, 0.717) is 37.7 Å². The van der Waals surface area contributed by atoms with Crippen molar-refractivity contribution >= 4 is 82.9 Å². The lowest BCUT2D eigenvalue weighted by Crippen LogP contribution is -2.20. The first kappa shape index (κ1) is 19.5. The highest BCUT2D eigenvalue weighted by atomic mass is 27.2. The monoisotopic (exact) mass is 453 g/mol. The third kappa shape index (κ3) is 2.52. The number of carbonyl (C=O) groups excluding carboxylic acids is 2. The lowest BCUT2D eigenvalue weighted by Gasteiger charge is -2.20. The average molecular weight is 453 g/mol. The minimum absolute atomic E-state index is 0.120. The van der Waals surface area contributed by atoms with Crippen molar-refractivity contribution in [2.75, 3.05) is 0 Å². The molecule has 1 aliphatic heterocycles. The molecule has 0 saturated heterocycles. The summed E-state index contributed by atoms with van der Waals surface area (Å²) in [6.07, 6.45) is 0. The topological polar surface area (TPSA) is 127 Å². The largest absolute Gasteiger partial charge is 0.886 e. The van der Waals surface area contributed by atoms with Gasteiger partial charge < -0.3 is 17.8 Å². The number of benzene rings is 5. The van der Waals surface area contributed by atoms with E-state index >= 15 is 0 Å². The summed E-state index contributed by atoms with van der Waals surface area (Å²) < 4.78 is 10.2. The molecule has 8 nitrogen and oxygen atoms in total. The van der Waals surface area contributed by atoms with E-state index in [1.165, 1.54) is 12.1 Å². The minimum Gasteiger partial charge on any atom is -0.586 e. The maximum absolute atomic E-state index is 12.6. The number of carbonyl (C=O) groups is 4. The van der Waals surface area contributed by atoms with Crippen LogP contribution < -0.4 is 0 Å². The van der Waals surface area contributed by atoms with Gasteiger partial charge in [-0.1, -0.05) is 24.3 Å². The van der Waals surface area contributed by atoms with Gasteiger partial charge in [-0.15, -0.1) is 0 Å². The zero-order valence-corrected chi connectivity index (χ0v) is 17.7. The molecule has 157 valence electrons. The van der Waals surface area contributed by atoms with Crippen LogP contribution in [0.25, 0.3) is 43.1 Å². The second kappa shape index (κ2) is 6.66. The highest BCUT2D eigenvalue weighted by Crippen LogP contribution is 2.44. The van der Waals surface area contributed by atoms with Gasteiger partial charge >= 0.3 is 39.8 Å². The summed E-state index contributed by atoms with van der Waals surface area (Å²) in [5, 5.41) is 23.6. The van der Waals surface area contributed by atoms with Crippen molar-refractivity contribution in [3.63, 3.8) is 0 Å². The van der Waals surface area contributed by atoms with E-state index in [2.05, 4.69) is 0 Å². The Morgan fingerprint density at radius 3 is 1.39 bits per heavy atom. The minimum atomic E-state index is -1.28. The number of rotatable bonds is 2. The van der Waals surface area contributed by atoms with Gasteiger partial charge in [-0.2, -0.15) is 0 Å². The molecule has 33 heavy (non-hydrogen) atoms. The number of carboxylic acid groups (broad SMARTS) is 2. The normalized spacial score (nSPS) is 13.6. The van der Waals surface area contributed by atoms with Crippen LogP contribution in [0.2, 0.25) is 0 Å². The van der Waals surface area contributed by atoms with Gasteiger partial charge in [0.05, 0.1) is 22.3 Å². The van der Waals surface area contributed by atoms with Crippen molar-refractivity contribution in [1.82, 2.24) is 0 Å². The fourth-order valence-electron chi connectivity index (χ4n) is 4.82. The van der Waals surface area contributed by atoms with E-state index < -0.39 is 39.8 Å². The second-order valence-electron chi connectivity index (χ2n) is 7.66. The van der Waals surface area contributed by atoms with Crippen LogP contribution in [0.3, 0.4) is 0 Å².